The highest BCUT2D eigenvalue weighted by atomic mass is 32.2. The Morgan fingerprint density at radius 3 is 2.32 bits per heavy atom. The summed E-state index contributed by atoms with van der Waals surface area (Å²) < 4.78 is 39.2. The summed E-state index contributed by atoms with van der Waals surface area (Å²) in [4.78, 5) is 63.7. The summed E-state index contributed by atoms with van der Waals surface area (Å²) >= 11 is 0. The molecule has 6 rings (SSSR count). The van der Waals surface area contributed by atoms with Crippen LogP contribution >= 0.6 is 0 Å². The fourth-order valence-corrected chi connectivity index (χ4v) is 6.25. The highest BCUT2D eigenvalue weighted by Gasteiger charge is 2.29. The van der Waals surface area contributed by atoms with Gasteiger partial charge in [-0.15, -0.1) is 0 Å². The average Bonchev–Trinajstić information content (AvgIpc) is 3.96. The lowest BCUT2D eigenvalue weighted by Crippen LogP contribution is -2.42. The second kappa shape index (κ2) is 15.2. The van der Waals surface area contributed by atoms with Gasteiger partial charge >= 0.3 is 11.9 Å². The molecular formula is C37H33N3O12S. The molecule has 1 saturated heterocycles. The van der Waals surface area contributed by atoms with Crippen LogP contribution in [0.25, 0.3) is 33.4 Å². The first-order valence-electron chi connectivity index (χ1n) is 16.4. The van der Waals surface area contributed by atoms with Gasteiger partial charge in [0.1, 0.15) is 35.8 Å². The second-order valence-corrected chi connectivity index (χ2v) is 13.9. The van der Waals surface area contributed by atoms with Crippen LogP contribution in [0.3, 0.4) is 0 Å². The molecular weight excluding hydrogens is 710 g/mol. The van der Waals surface area contributed by atoms with Crippen LogP contribution in [0, 0.1) is 0 Å². The Morgan fingerprint density at radius 1 is 0.906 bits per heavy atom. The number of fused-ring (bicyclic) bond motifs is 2. The van der Waals surface area contributed by atoms with E-state index in [0.29, 0.717) is 36.0 Å². The molecule has 0 saturated carbocycles. The van der Waals surface area contributed by atoms with Crippen molar-refractivity contribution in [1.29, 1.82) is 0 Å². The number of benzene rings is 4. The Labute approximate surface area is 301 Å². The van der Waals surface area contributed by atoms with Crippen LogP contribution in [0.1, 0.15) is 50.3 Å². The molecule has 53 heavy (non-hydrogen) atoms. The number of carboxylic acids is 1. The number of aromatic carboxylic acids is 1. The van der Waals surface area contributed by atoms with Gasteiger partial charge < -0.3 is 34.7 Å². The number of amides is 2. The van der Waals surface area contributed by atoms with E-state index in [1.54, 1.807) is 6.07 Å². The third kappa shape index (κ3) is 8.69. The van der Waals surface area contributed by atoms with Crippen LogP contribution in [0.15, 0.2) is 93.0 Å². The van der Waals surface area contributed by atoms with Gasteiger partial charge in [0.05, 0.1) is 17.1 Å². The van der Waals surface area contributed by atoms with E-state index in [0.717, 1.165) is 0 Å². The van der Waals surface area contributed by atoms with Crippen LogP contribution in [0.5, 0.6) is 5.75 Å². The molecule has 16 heteroatoms. The molecule has 3 aromatic carbocycles. The first-order valence-corrected chi connectivity index (χ1v) is 17.9. The zero-order valence-corrected chi connectivity index (χ0v) is 28.7. The Morgan fingerprint density at radius 2 is 1.62 bits per heavy atom. The number of unbranched alkanes of at least 4 members (excludes halogenated alkanes) is 1. The van der Waals surface area contributed by atoms with Gasteiger partial charge in [0.2, 0.25) is 10.0 Å². The Kier molecular flexibility index (Phi) is 10.6. The van der Waals surface area contributed by atoms with Crippen molar-refractivity contribution in [2.75, 3.05) is 19.8 Å². The summed E-state index contributed by atoms with van der Waals surface area (Å²) in [5, 5.41) is 31.3. The third-order valence-corrected chi connectivity index (χ3v) is 9.44. The maximum absolute atomic E-state index is 13.5. The van der Waals surface area contributed by atoms with E-state index in [4.69, 9.17) is 19.0 Å². The molecule has 274 valence electrons. The van der Waals surface area contributed by atoms with Gasteiger partial charge in [-0.25, -0.2) is 23.1 Å². The van der Waals surface area contributed by atoms with Crippen molar-refractivity contribution in [2.24, 2.45) is 5.14 Å². The molecule has 15 nitrogen and oxygen atoms in total. The van der Waals surface area contributed by atoms with Crippen LogP contribution in [0.2, 0.25) is 0 Å². The number of phenols is 1. The van der Waals surface area contributed by atoms with Crippen LogP contribution in [0.4, 0.5) is 0 Å². The topological polar surface area (TPSA) is 245 Å². The molecule has 0 bridgehead atoms. The molecule has 3 aliphatic rings. The third-order valence-electron chi connectivity index (χ3n) is 8.51. The van der Waals surface area contributed by atoms with E-state index in [9.17, 15) is 42.6 Å². The number of carbonyl (C=O) groups is 4. The van der Waals surface area contributed by atoms with Crippen molar-refractivity contribution >= 4 is 44.7 Å². The lowest BCUT2D eigenvalue weighted by atomic mass is 9.89. The molecule has 2 heterocycles. The van der Waals surface area contributed by atoms with E-state index in [2.05, 4.69) is 10.6 Å². The molecule has 3 aromatic rings. The highest BCUT2D eigenvalue weighted by Crippen LogP contribution is 2.42. The predicted octanol–water partition coefficient (Wildman–Crippen LogP) is 3.26. The lowest BCUT2D eigenvalue weighted by Gasteiger charge is -2.19. The lowest BCUT2D eigenvalue weighted by molar-refractivity contribution is -0.146. The zero-order chi connectivity index (χ0) is 37.9. The van der Waals surface area contributed by atoms with Crippen molar-refractivity contribution in [2.45, 2.75) is 36.3 Å². The minimum atomic E-state index is -3.91. The zero-order valence-electron chi connectivity index (χ0n) is 27.9. The fourth-order valence-electron chi connectivity index (χ4n) is 5.73. The van der Waals surface area contributed by atoms with Crippen molar-refractivity contribution in [3.8, 4) is 28.2 Å². The summed E-state index contributed by atoms with van der Waals surface area (Å²) in [6, 6.07) is 16.4. The molecule has 0 aromatic heterocycles. The highest BCUT2D eigenvalue weighted by molar-refractivity contribution is 7.89. The maximum Gasteiger partial charge on any atom is 0.336 e. The van der Waals surface area contributed by atoms with Crippen molar-refractivity contribution in [1.82, 2.24) is 10.6 Å². The summed E-state index contributed by atoms with van der Waals surface area (Å²) in [5.41, 5.74) is 0.840. The standard InChI is InChI=1S/C37H33N3O12S/c38-53(48,49)25-9-4-20(5-10-25)34(43)39-14-2-1-3-30(37(47)51-19-24-18-50-24)40-35(44)21-6-11-26(29(15-21)36(45)46)33-27-12-7-22(41)16-31(27)52-32-17-23(42)8-13-28(32)33/h4-13,15-17,24,30,41H,1-3,14,18-19H2,(H,39,43)(H,40,44)(H,45,46)(H2,38,48,49). The van der Waals surface area contributed by atoms with Crippen molar-refractivity contribution in [3.05, 3.63) is 106 Å². The van der Waals surface area contributed by atoms with Gasteiger partial charge in [-0.05, 0) is 85.5 Å². The molecule has 0 radical (unpaired) electrons. The number of phenolic OH excluding ortho intramolecular Hbond substituents is 1. The molecule has 1 aliphatic carbocycles. The first kappa shape index (κ1) is 36.7. The minimum absolute atomic E-state index is 0.000251. The largest absolute Gasteiger partial charge is 0.508 e. The molecule has 0 spiro atoms. The monoisotopic (exact) mass is 743 g/mol. The molecule has 2 amide bonds. The number of primary sulfonamides is 1. The van der Waals surface area contributed by atoms with Crippen LogP contribution < -0.4 is 21.2 Å². The quantitative estimate of drug-likeness (QED) is 0.0476. The molecule has 6 N–H and O–H groups in total. The van der Waals surface area contributed by atoms with Crippen molar-refractivity contribution < 1.29 is 51.7 Å². The Balaban J connectivity index is 1.18. The van der Waals surface area contributed by atoms with E-state index in [1.807, 2.05) is 0 Å². The minimum Gasteiger partial charge on any atom is -0.508 e. The molecule has 1 fully saturated rings. The average molecular weight is 744 g/mol. The van der Waals surface area contributed by atoms with Gasteiger partial charge in [-0.3, -0.25) is 14.4 Å². The Hall–Kier alpha value is -6.10. The molecule has 2 unspecified atom stereocenters. The Bertz CT molecular complexity index is 2370. The summed E-state index contributed by atoms with van der Waals surface area (Å²) in [7, 11) is -3.91. The number of aromatic hydroxyl groups is 1. The van der Waals surface area contributed by atoms with Crippen LogP contribution in [-0.4, -0.2) is 74.3 Å². The summed E-state index contributed by atoms with van der Waals surface area (Å²) in [5.74, 6) is -3.18. The van der Waals surface area contributed by atoms with Gasteiger partial charge in [0.25, 0.3) is 11.8 Å². The maximum atomic E-state index is 13.5. The molecule has 2 aliphatic heterocycles. The van der Waals surface area contributed by atoms with E-state index in [-0.39, 0.29) is 75.3 Å². The number of hydrogen-bond acceptors (Lipinski definition) is 11. The van der Waals surface area contributed by atoms with E-state index < -0.39 is 39.8 Å². The van der Waals surface area contributed by atoms with Gasteiger partial charge in [-0.2, -0.15) is 0 Å². The number of hydrogen-bond donors (Lipinski definition) is 5. The first-order chi connectivity index (χ1) is 25.3. The normalized spacial score (nSPS) is 14.4. The van der Waals surface area contributed by atoms with Crippen LogP contribution in [-0.2, 0) is 24.3 Å². The van der Waals surface area contributed by atoms with Gasteiger partial charge in [-0.1, -0.05) is 6.07 Å². The predicted molar refractivity (Wildman–Crippen MR) is 189 cm³/mol. The summed E-state index contributed by atoms with van der Waals surface area (Å²) in [6.45, 7) is 0.648. The smallest absolute Gasteiger partial charge is 0.336 e. The van der Waals surface area contributed by atoms with Gasteiger partial charge in [0, 0.05) is 46.3 Å². The number of sulfonamides is 1. The van der Waals surface area contributed by atoms with Gasteiger partial charge in [0.15, 0.2) is 5.43 Å². The second-order valence-electron chi connectivity index (χ2n) is 12.3. The van der Waals surface area contributed by atoms with Crippen molar-refractivity contribution in [3.63, 3.8) is 0 Å². The number of rotatable bonds is 14. The van der Waals surface area contributed by atoms with E-state index >= 15 is 0 Å². The number of esters is 1. The number of nitrogens with one attached hydrogen (secondary N) is 2. The number of ether oxygens (including phenoxy) is 2. The number of nitrogens with two attached hydrogens (primary N) is 1. The summed E-state index contributed by atoms with van der Waals surface area (Å²) in [6.07, 6.45) is 0.668. The van der Waals surface area contributed by atoms with E-state index in [1.165, 1.54) is 72.8 Å². The number of epoxide rings is 1. The number of carboxylic acid groups (broad SMARTS) is 1. The molecule has 2 atom stereocenters. The fraction of sp³-hybridized carbons (Fsp3) is 0.216. The number of carbonyl (C=O) groups excluding carboxylic acids is 3. The SMILES string of the molecule is NS(=O)(=O)c1ccc(C(=O)NCCCCC(NC(=O)c2ccc(-c3c4ccc(=O)cc-4oc4cc(O)ccc34)c(C(=O)O)c2)C(=O)OCC2CO2)cc1.